The van der Waals surface area contributed by atoms with Gasteiger partial charge < -0.3 is 5.32 Å². The van der Waals surface area contributed by atoms with Crippen LogP contribution in [0.2, 0.25) is 0 Å². The van der Waals surface area contributed by atoms with Crippen molar-refractivity contribution < 1.29 is 13.2 Å². The van der Waals surface area contributed by atoms with Crippen LogP contribution in [-0.4, -0.2) is 4.98 Å². The third-order valence-corrected chi connectivity index (χ3v) is 4.60. The van der Waals surface area contributed by atoms with E-state index in [1.165, 1.54) is 23.0 Å². The highest BCUT2D eigenvalue weighted by molar-refractivity contribution is 8.93. The van der Waals surface area contributed by atoms with Crippen molar-refractivity contribution in [1.29, 1.82) is 0 Å². The summed E-state index contributed by atoms with van der Waals surface area (Å²) >= 11 is 1.36. The molecule has 0 unspecified atom stereocenters. The molecule has 3 rings (SSSR count). The molecular formula is C20H20BrF3N2S. The number of hydrogen-bond donors (Lipinski definition) is 1. The van der Waals surface area contributed by atoms with E-state index in [-0.39, 0.29) is 17.0 Å². The Kier molecular flexibility index (Phi) is 7.06. The molecule has 0 aliphatic carbocycles. The number of alkyl halides is 3. The maximum absolute atomic E-state index is 12.8. The van der Waals surface area contributed by atoms with Crippen LogP contribution in [0.15, 0.2) is 53.9 Å². The van der Waals surface area contributed by atoms with E-state index in [9.17, 15) is 13.2 Å². The van der Waals surface area contributed by atoms with E-state index in [1.54, 1.807) is 6.07 Å². The molecule has 2 nitrogen and oxygen atoms in total. The quantitative estimate of drug-likeness (QED) is 0.433. The van der Waals surface area contributed by atoms with Crippen LogP contribution in [0.5, 0.6) is 0 Å². The molecule has 0 radical (unpaired) electrons. The first kappa shape index (κ1) is 21.4. The highest BCUT2D eigenvalue weighted by Gasteiger charge is 2.30. The van der Waals surface area contributed by atoms with Crippen molar-refractivity contribution in [3.8, 4) is 11.3 Å². The lowest BCUT2D eigenvalue weighted by Crippen LogP contribution is -2.05. The number of thiazole rings is 1. The van der Waals surface area contributed by atoms with Gasteiger partial charge in [-0.2, -0.15) is 13.2 Å². The molecule has 7 heteroatoms. The van der Waals surface area contributed by atoms with Gasteiger partial charge in [0.2, 0.25) is 0 Å². The monoisotopic (exact) mass is 456 g/mol. The van der Waals surface area contributed by atoms with E-state index in [2.05, 4.69) is 36.3 Å². The second-order valence-electron chi connectivity index (χ2n) is 6.54. The number of hydrogen-bond acceptors (Lipinski definition) is 3. The van der Waals surface area contributed by atoms with Crippen molar-refractivity contribution in [3.63, 3.8) is 0 Å². The first-order chi connectivity index (χ1) is 12.3. The fraction of sp³-hybridized carbons (Fsp3) is 0.250. The zero-order chi connectivity index (χ0) is 18.7. The lowest BCUT2D eigenvalue weighted by molar-refractivity contribution is -0.137. The Labute approximate surface area is 171 Å². The van der Waals surface area contributed by atoms with Gasteiger partial charge >= 0.3 is 6.18 Å². The first-order valence-electron chi connectivity index (χ1n) is 8.30. The van der Waals surface area contributed by atoms with E-state index >= 15 is 0 Å². The number of nitrogens with zero attached hydrogens (tertiary/aromatic N) is 1. The van der Waals surface area contributed by atoms with Crippen LogP contribution < -0.4 is 5.32 Å². The smallest absolute Gasteiger partial charge is 0.332 e. The van der Waals surface area contributed by atoms with E-state index in [4.69, 9.17) is 0 Å². The normalized spacial score (nSPS) is 11.3. The number of halogens is 4. The summed E-state index contributed by atoms with van der Waals surface area (Å²) in [5.74, 6) is 0.600. The summed E-state index contributed by atoms with van der Waals surface area (Å²) in [4.78, 5) is 4.48. The molecule has 3 aromatic rings. The molecule has 0 saturated carbocycles. The molecule has 0 bridgehead atoms. The number of aromatic nitrogens is 1. The standard InChI is InChI=1S/C20H19F3N2S.BrH/c1-13(2)10-14-6-8-15(9-7-14)18-12-26-19(25-18)24-17-5-3-4-16(11-17)20(21,22)23;/h3-9,11-13H,10H2,1-2H3,(H,24,25);1H. The largest absolute Gasteiger partial charge is 0.416 e. The molecule has 1 N–H and O–H groups in total. The van der Waals surface area contributed by atoms with Crippen LogP contribution >= 0.6 is 28.3 Å². The minimum absolute atomic E-state index is 0. The Morgan fingerprint density at radius 1 is 1.07 bits per heavy atom. The van der Waals surface area contributed by atoms with E-state index in [0.29, 0.717) is 16.7 Å². The van der Waals surface area contributed by atoms with Crippen LogP contribution in [0.25, 0.3) is 11.3 Å². The Morgan fingerprint density at radius 2 is 1.78 bits per heavy atom. The van der Waals surface area contributed by atoms with Gasteiger partial charge in [0.25, 0.3) is 0 Å². The van der Waals surface area contributed by atoms with Crippen LogP contribution in [0.4, 0.5) is 24.0 Å². The Morgan fingerprint density at radius 3 is 2.41 bits per heavy atom. The third kappa shape index (κ3) is 5.81. The Bertz CT molecular complexity index is 873. The van der Waals surface area contributed by atoms with Crippen molar-refractivity contribution in [2.24, 2.45) is 5.92 Å². The summed E-state index contributed by atoms with van der Waals surface area (Å²) < 4.78 is 38.4. The zero-order valence-electron chi connectivity index (χ0n) is 14.9. The predicted molar refractivity (Wildman–Crippen MR) is 111 cm³/mol. The van der Waals surface area contributed by atoms with Crippen LogP contribution in [0.1, 0.15) is 25.0 Å². The van der Waals surface area contributed by atoms with Gasteiger partial charge in [-0.25, -0.2) is 4.98 Å². The topological polar surface area (TPSA) is 24.9 Å². The van der Waals surface area contributed by atoms with Gasteiger partial charge in [-0.1, -0.05) is 44.2 Å². The molecule has 144 valence electrons. The maximum Gasteiger partial charge on any atom is 0.416 e. The summed E-state index contributed by atoms with van der Waals surface area (Å²) in [5.41, 5.74) is 2.76. The fourth-order valence-corrected chi connectivity index (χ4v) is 3.38. The summed E-state index contributed by atoms with van der Waals surface area (Å²) in [6.45, 7) is 4.36. The summed E-state index contributed by atoms with van der Waals surface area (Å²) in [6, 6.07) is 13.4. The summed E-state index contributed by atoms with van der Waals surface area (Å²) in [5, 5.41) is 5.41. The highest BCUT2D eigenvalue weighted by atomic mass is 79.9. The summed E-state index contributed by atoms with van der Waals surface area (Å²) in [7, 11) is 0. The number of benzene rings is 2. The average molecular weight is 457 g/mol. The van der Waals surface area contributed by atoms with Crippen molar-refractivity contribution in [3.05, 3.63) is 65.0 Å². The molecule has 0 atom stereocenters. The van der Waals surface area contributed by atoms with Crippen LogP contribution in [-0.2, 0) is 12.6 Å². The van der Waals surface area contributed by atoms with Gasteiger partial charge in [0.05, 0.1) is 11.3 Å². The van der Waals surface area contributed by atoms with Crippen LogP contribution in [0.3, 0.4) is 0 Å². The molecule has 0 saturated heterocycles. The SMILES string of the molecule is Br.CC(C)Cc1ccc(-c2csc(Nc3cccc(C(F)(F)F)c3)n2)cc1. The predicted octanol–water partition coefficient (Wildman–Crippen LogP) is 7.35. The first-order valence-corrected chi connectivity index (χ1v) is 9.18. The zero-order valence-corrected chi connectivity index (χ0v) is 17.4. The molecule has 0 spiro atoms. The van der Waals surface area contributed by atoms with Gasteiger partial charge in [-0.3, -0.25) is 0 Å². The molecule has 0 aliphatic rings. The van der Waals surface area contributed by atoms with Crippen molar-refractivity contribution >= 4 is 39.1 Å². The summed E-state index contributed by atoms with van der Waals surface area (Å²) in [6.07, 6.45) is -3.33. The highest BCUT2D eigenvalue weighted by Crippen LogP contribution is 2.32. The molecular weight excluding hydrogens is 437 g/mol. The molecule has 0 amide bonds. The molecule has 0 aliphatic heterocycles. The Balaban J connectivity index is 0.00000261. The minimum Gasteiger partial charge on any atom is -0.332 e. The average Bonchev–Trinajstić information content (AvgIpc) is 3.03. The molecule has 1 heterocycles. The van der Waals surface area contributed by atoms with Gasteiger partial charge in [0, 0.05) is 16.6 Å². The second-order valence-corrected chi connectivity index (χ2v) is 7.39. The van der Waals surface area contributed by atoms with Crippen molar-refractivity contribution in [2.45, 2.75) is 26.4 Å². The lowest BCUT2D eigenvalue weighted by atomic mass is 10.0. The molecule has 0 fully saturated rings. The fourth-order valence-electron chi connectivity index (χ4n) is 2.64. The van der Waals surface area contributed by atoms with E-state index in [1.807, 2.05) is 17.5 Å². The number of rotatable bonds is 5. The molecule has 2 aromatic carbocycles. The lowest BCUT2D eigenvalue weighted by Gasteiger charge is -2.09. The minimum atomic E-state index is -4.36. The Hall–Kier alpha value is -1.86. The van der Waals surface area contributed by atoms with Gasteiger partial charge in [0.1, 0.15) is 0 Å². The van der Waals surface area contributed by atoms with Crippen molar-refractivity contribution in [1.82, 2.24) is 4.98 Å². The maximum atomic E-state index is 12.8. The second kappa shape index (κ2) is 8.89. The van der Waals surface area contributed by atoms with Crippen molar-refractivity contribution in [2.75, 3.05) is 5.32 Å². The molecule has 1 aromatic heterocycles. The number of anilines is 2. The van der Waals surface area contributed by atoms with Crippen LogP contribution in [0, 0.1) is 5.92 Å². The van der Waals surface area contributed by atoms with E-state index < -0.39 is 11.7 Å². The van der Waals surface area contributed by atoms with Gasteiger partial charge in [0.15, 0.2) is 5.13 Å². The van der Waals surface area contributed by atoms with Gasteiger partial charge in [-0.15, -0.1) is 28.3 Å². The third-order valence-electron chi connectivity index (χ3n) is 3.84. The van der Waals surface area contributed by atoms with E-state index in [0.717, 1.165) is 29.8 Å². The number of nitrogens with one attached hydrogen (secondary N) is 1. The molecule has 27 heavy (non-hydrogen) atoms. The van der Waals surface area contributed by atoms with Gasteiger partial charge in [-0.05, 0) is 36.1 Å².